The molecule has 0 amide bonds. The third-order valence-corrected chi connectivity index (χ3v) is 5.16. The molecule has 0 saturated carbocycles. The second-order valence-corrected chi connectivity index (χ2v) is 6.59. The Labute approximate surface area is 110 Å². The van der Waals surface area contributed by atoms with E-state index in [4.69, 9.17) is 5.73 Å². The van der Waals surface area contributed by atoms with Gasteiger partial charge in [-0.25, -0.2) is 8.42 Å². The van der Waals surface area contributed by atoms with E-state index in [0.29, 0.717) is 12.2 Å². The summed E-state index contributed by atoms with van der Waals surface area (Å²) in [7, 11) is -3.54. The minimum atomic E-state index is -3.54. The van der Waals surface area contributed by atoms with Gasteiger partial charge in [0.2, 0.25) is 0 Å². The third-order valence-electron chi connectivity index (χ3n) is 2.29. The first-order valence-electron chi connectivity index (χ1n) is 5.24. The van der Waals surface area contributed by atoms with E-state index in [1.807, 2.05) is 6.92 Å². The number of aryl methyl sites for hydroxylation is 1. The summed E-state index contributed by atoms with van der Waals surface area (Å²) < 4.78 is 26.8. The van der Waals surface area contributed by atoms with Crippen LogP contribution in [0, 0.1) is 6.92 Å². The normalized spacial score (nSPS) is 11.4. The Morgan fingerprint density at radius 3 is 2.78 bits per heavy atom. The SMILES string of the molecule is Cc1ccc(NS(=O)(=O)c2cc(CN)cs2)cn1. The molecule has 0 fully saturated rings. The van der Waals surface area contributed by atoms with Crippen LogP contribution in [0.25, 0.3) is 0 Å². The largest absolute Gasteiger partial charge is 0.326 e. The minimum Gasteiger partial charge on any atom is -0.326 e. The molecule has 0 bridgehead atoms. The molecule has 5 nitrogen and oxygen atoms in total. The molecule has 2 rings (SSSR count). The van der Waals surface area contributed by atoms with Gasteiger partial charge < -0.3 is 5.73 Å². The van der Waals surface area contributed by atoms with Crippen molar-refractivity contribution in [2.75, 3.05) is 4.72 Å². The van der Waals surface area contributed by atoms with Crippen molar-refractivity contribution in [1.82, 2.24) is 4.98 Å². The van der Waals surface area contributed by atoms with Crippen LogP contribution in [0.1, 0.15) is 11.3 Å². The number of hydrogen-bond donors (Lipinski definition) is 2. The number of hydrogen-bond acceptors (Lipinski definition) is 5. The lowest BCUT2D eigenvalue weighted by Crippen LogP contribution is -2.11. The summed E-state index contributed by atoms with van der Waals surface area (Å²) in [4.78, 5) is 4.03. The quantitative estimate of drug-likeness (QED) is 0.894. The highest BCUT2D eigenvalue weighted by Crippen LogP contribution is 2.22. The Balaban J connectivity index is 2.24. The lowest BCUT2D eigenvalue weighted by Gasteiger charge is -2.05. The highest BCUT2D eigenvalue weighted by atomic mass is 32.2. The zero-order valence-corrected chi connectivity index (χ0v) is 11.4. The lowest BCUT2D eigenvalue weighted by molar-refractivity contribution is 0.603. The number of rotatable bonds is 4. The fourth-order valence-electron chi connectivity index (χ4n) is 1.33. The first-order valence-corrected chi connectivity index (χ1v) is 7.60. The summed E-state index contributed by atoms with van der Waals surface area (Å²) in [5.41, 5.74) is 7.55. The second kappa shape index (κ2) is 5.05. The van der Waals surface area contributed by atoms with Crippen molar-refractivity contribution >= 4 is 27.0 Å². The molecule has 0 aliphatic heterocycles. The predicted molar refractivity (Wildman–Crippen MR) is 72.0 cm³/mol. The molecule has 2 aromatic rings. The second-order valence-electron chi connectivity index (χ2n) is 3.77. The number of nitrogens with zero attached hydrogens (tertiary/aromatic N) is 1. The van der Waals surface area contributed by atoms with Gasteiger partial charge in [-0.1, -0.05) is 0 Å². The van der Waals surface area contributed by atoms with Gasteiger partial charge in [0.15, 0.2) is 0 Å². The Bertz CT molecular complexity index is 633. The van der Waals surface area contributed by atoms with E-state index >= 15 is 0 Å². The number of pyridine rings is 1. The first kappa shape index (κ1) is 13.0. The van der Waals surface area contributed by atoms with Crippen LogP contribution < -0.4 is 10.5 Å². The van der Waals surface area contributed by atoms with Crippen LogP contribution in [-0.4, -0.2) is 13.4 Å². The third kappa shape index (κ3) is 2.87. The summed E-state index contributed by atoms with van der Waals surface area (Å²) in [6.45, 7) is 2.17. The Morgan fingerprint density at radius 2 is 2.22 bits per heavy atom. The maximum atomic E-state index is 12.0. The van der Waals surface area contributed by atoms with E-state index in [1.165, 1.54) is 6.20 Å². The molecule has 0 radical (unpaired) electrons. The summed E-state index contributed by atoms with van der Waals surface area (Å²) in [5.74, 6) is 0. The average Bonchev–Trinajstić information content (AvgIpc) is 2.81. The summed E-state index contributed by atoms with van der Waals surface area (Å²) in [5, 5.41) is 1.74. The fourth-order valence-corrected chi connectivity index (χ4v) is 3.60. The topological polar surface area (TPSA) is 85.1 Å². The van der Waals surface area contributed by atoms with E-state index in [9.17, 15) is 8.42 Å². The molecule has 0 spiro atoms. The van der Waals surface area contributed by atoms with E-state index in [0.717, 1.165) is 22.6 Å². The van der Waals surface area contributed by atoms with Crippen LogP contribution in [0.4, 0.5) is 5.69 Å². The van der Waals surface area contributed by atoms with E-state index in [-0.39, 0.29) is 4.21 Å². The smallest absolute Gasteiger partial charge is 0.271 e. The maximum Gasteiger partial charge on any atom is 0.271 e. The molecule has 2 aromatic heterocycles. The Hall–Kier alpha value is -1.44. The van der Waals surface area contributed by atoms with Gasteiger partial charge in [0.05, 0.1) is 11.9 Å². The van der Waals surface area contributed by atoms with Gasteiger partial charge in [0.25, 0.3) is 10.0 Å². The molecule has 7 heteroatoms. The molecular formula is C11H13N3O2S2. The van der Waals surface area contributed by atoms with Crippen LogP contribution in [0.15, 0.2) is 34.0 Å². The van der Waals surface area contributed by atoms with Crippen LogP contribution >= 0.6 is 11.3 Å². The van der Waals surface area contributed by atoms with E-state index in [1.54, 1.807) is 23.6 Å². The van der Waals surface area contributed by atoms with Crippen molar-refractivity contribution in [3.63, 3.8) is 0 Å². The molecule has 0 unspecified atom stereocenters. The highest BCUT2D eigenvalue weighted by Gasteiger charge is 2.16. The molecule has 3 N–H and O–H groups in total. The van der Waals surface area contributed by atoms with Crippen molar-refractivity contribution in [3.8, 4) is 0 Å². The number of anilines is 1. The van der Waals surface area contributed by atoms with Gasteiger partial charge in [-0.15, -0.1) is 11.3 Å². The van der Waals surface area contributed by atoms with Crippen LogP contribution in [0.2, 0.25) is 0 Å². The number of nitrogens with one attached hydrogen (secondary N) is 1. The first-order chi connectivity index (χ1) is 8.51. The highest BCUT2D eigenvalue weighted by molar-refractivity contribution is 7.94. The summed E-state index contributed by atoms with van der Waals surface area (Å²) in [6, 6.07) is 5.00. The summed E-state index contributed by atoms with van der Waals surface area (Å²) in [6.07, 6.45) is 1.49. The number of nitrogens with two attached hydrogens (primary N) is 1. The van der Waals surface area contributed by atoms with Crippen molar-refractivity contribution < 1.29 is 8.42 Å². The van der Waals surface area contributed by atoms with Crippen LogP contribution in [0.5, 0.6) is 0 Å². The fraction of sp³-hybridized carbons (Fsp3) is 0.182. The zero-order chi connectivity index (χ0) is 13.2. The molecule has 0 aliphatic rings. The number of aromatic nitrogens is 1. The van der Waals surface area contributed by atoms with Gasteiger partial charge >= 0.3 is 0 Å². The molecule has 0 saturated heterocycles. The maximum absolute atomic E-state index is 12.0. The molecule has 0 atom stereocenters. The molecule has 0 aromatic carbocycles. The standard InChI is InChI=1S/C11H13N3O2S2/c1-8-2-3-10(6-13-8)14-18(15,16)11-4-9(5-12)7-17-11/h2-4,6-7,14H,5,12H2,1H3. The van der Waals surface area contributed by atoms with Crippen molar-refractivity contribution in [2.24, 2.45) is 5.73 Å². The van der Waals surface area contributed by atoms with Gasteiger partial charge in [0, 0.05) is 12.2 Å². The van der Waals surface area contributed by atoms with Crippen LogP contribution in [0.3, 0.4) is 0 Å². The van der Waals surface area contributed by atoms with Gasteiger partial charge in [0.1, 0.15) is 4.21 Å². The molecule has 96 valence electrons. The molecule has 0 aliphatic carbocycles. The Morgan fingerprint density at radius 1 is 1.44 bits per heavy atom. The monoisotopic (exact) mass is 283 g/mol. The van der Waals surface area contributed by atoms with Gasteiger partial charge in [-0.2, -0.15) is 0 Å². The Kier molecular flexibility index (Phi) is 3.65. The zero-order valence-electron chi connectivity index (χ0n) is 9.75. The average molecular weight is 283 g/mol. The molecule has 2 heterocycles. The van der Waals surface area contributed by atoms with E-state index < -0.39 is 10.0 Å². The molecule has 18 heavy (non-hydrogen) atoms. The number of sulfonamides is 1. The predicted octanol–water partition coefficient (Wildman–Crippen LogP) is 1.71. The van der Waals surface area contributed by atoms with E-state index in [2.05, 4.69) is 9.71 Å². The minimum absolute atomic E-state index is 0.253. The van der Waals surface area contributed by atoms with Crippen molar-refractivity contribution in [2.45, 2.75) is 17.7 Å². The van der Waals surface area contributed by atoms with Gasteiger partial charge in [-0.3, -0.25) is 9.71 Å². The lowest BCUT2D eigenvalue weighted by atomic mass is 10.4. The molecular weight excluding hydrogens is 270 g/mol. The number of thiophene rings is 1. The van der Waals surface area contributed by atoms with Gasteiger partial charge in [-0.05, 0) is 36.1 Å². The van der Waals surface area contributed by atoms with Crippen LogP contribution in [-0.2, 0) is 16.6 Å². The van der Waals surface area contributed by atoms with Crippen molar-refractivity contribution in [3.05, 3.63) is 41.0 Å². The summed E-state index contributed by atoms with van der Waals surface area (Å²) >= 11 is 1.15. The van der Waals surface area contributed by atoms with Crippen molar-refractivity contribution in [1.29, 1.82) is 0 Å².